The highest BCUT2D eigenvalue weighted by molar-refractivity contribution is 5.51. The van der Waals surface area contributed by atoms with Crippen LogP contribution in [0.5, 0.6) is 5.75 Å². The summed E-state index contributed by atoms with van der Waals surface area (Å²) in [4.78, 5) is 0. The molecule has 0 radical (unpaired) electrons. The summed E-state index contributed by atoms with van der Waals surface area (Å²) >= 11 is 0. The van der Waals surface area contributed by atoms with Crippen LogP contribution in [0.15, 0.2) is 12.1 Å². The van der Waals surface area contributed by atoms with Crippen LogP contribution in [-0.4, -0.2) is 12.2 Å². The number of hydrogen-bond acceptors (Lipinski definition) is 3. The maximum absolute atomic E-state index is 10.6. The first-order valence-electron chi connectivity index (χ1n) is 6.97. The van der Waals surface area contributed by atoms with Crippen LogP contribution in [0.1, 0.15) is 64.3 Å². The van der Waals surface area contributed by atoms with Gasteiger partial charge in [-0.1, -0.05) is 41.5 Å². The number of aromatic hydroxyl groups is 1. The van der Waals surface area contributed by atoms with Gasteiger partial charge in [-0.05, 0) is 46.7 Å². The molecule has 2 N–H and O–H groups in total. The zero-order valence-electron chi connectivity index (χ0n) is 13.6. The van der Waals surface area contributed by atoms with E-state index in [1.807, 2.05) is 12.1 Å². The number of nitriles is 1. The van der Waals surface area contributed by atoms with Crippen molar-refractivity contribution in [3.8, 4) is 11.8 Å². The zero-order valence-corrected chi connectivity index (χ0v) is 13.6. The number of phenols is 1. The summed E-state index contributed by atoms with van der Waals surface area (Å²) in [7, 11) is 1.77. The Balaban J connectivity index is 3.64. The predicted octanol–water partition coefficient (Wildman–Crippen LogP) is 3.77. The average Bonchev–Trinajstić information content (AvgIpc) is 2.29. The first-order valence-corrected chi connectivity index (χ1v) is 6.97. The van der Waals surface area contributed by atoms with Crippen LogP contribution in [0.25, 0.3) is 0 Å². The number of benzene rings is 1. The summed E-state index contributed by atoms with van der Waals surface area (Å²) in [5.74, 6) is 0.349. The minimum absolute atomic E-state index is 0.173. The highest BCUT2D eigenvalue weighted by atomic mass is 16.3. The number of rotatable bonds is 2. The molecule has 110 valence electrons. The van der Waals surface area contributed by atoms with Gasteiger partial charge in [-0.2, -0.15) is 5.26 Å². The normalized spacial score (nSPS) is 13.9. The van der Waals surface area contributed by atoms with Gasteiger partial charge >= 0.3 is 0 Å². The van der Waals surface area contributed by atoms with E-state index < -0.39 is 0 Å². The Kier molecular flexibility index (Phi) is 4.51. The molecule has 0 aliphatic heterocycles. The summed E-state index contributed by atoms with van der Waals surface area (Å²) < 4.78 is 0. The van der Waals surface area contributed by atoms with E-state index in [1.165, 1.54) is 0 Å². The molecule has 0 saturated heterocycles. The predicted molar refractivity (Wildman–Crippen MR) is 82.9 cm³/mol. The fourth-order valence-electron chi connectivity index (χ4n) is 2.27. The van der Waals surface area contributed by atoms with Gasteiger partial charge < -0.3 is 10.4 Å². The van der Waals surface area contributed by atoms with E-state index in [0.717, 1.165) is 16.7 Å². The third kappa shape index (κ3) is 3.32. The van der Waals surface area contributed by atoms with Crippen LogP contribution in [0.4, 0.5) is 0 Å². The standard InChI is InChI=1S/C17H26N2O/c1-16(2,3)12-8-11(14(10-18)19-7)9-13(15(12)20)17(4,5)6/h8-9,14,19-20H,1-7H3. The topological polar surface area (TPSA) is 56.0 Å². The third-order valence-corrected chi connectivity index (χ3v) is 3.50. The Morgan fingerprint density at radius 2 is 1.45 bits per heavy atom. The van der Waals surface area contributed by atoms with Crippen LogP contribution in [0.2, 0.25) is 0 Å². The molecule has 0 amide bonds. The first kappa shape index (κ1) is 16.5. The molecule has 20 heavy (non-hydrogen) atoms. The second-order valence-electron chi connectivity index (χ2n) is 7.32. The molecule has 1 unspecified atom stereocenters. The number of phenolic OH excluding ortho intramolecular Hbond substituents is 1. The Bertz CT molecular complexity index is 492. The Morgan fingerprint density at radius 3 is 1.70 bits per heavy atom. The van der Waals surface area contributed by atoms with Gasteiger partial charge in [-0.3, -0.25) is 0 Å². The molecule has 1 aromatic carbocycles. The van der Waals surface area contributed by atoms with E-state index >= 15 is 0 Å². The molecular weight excluding hydrogens is 248 g/mol. The van der Waals surface area contributed by atoms with Crippen LogP contribution in [0, 0.1) is 11.3 Å². The van der Waals surface area contributed by atoms with Crippen molar-refractivity contribution in [2.24, 2.45) is 0 Å². The van der Waals surface area contributed by atoms with Gasteiger partial charge in [0.1, 0.15) is 11.8 Å². The first-order chi connectivity index (χ1) is 9.02. The summed E-state index contributed by atoms with van der Waals surface area (Å²) in [6.07, 6.45) is 0. The minimum atomic E-state index is -0.363. The van der Waals surface area contributed by atoms with E-state index in [9.17, 15) is 10.4 Å². The Labute approximate surface area is 122 Å². The van der Waals surface area contributed by atoms with E-state index in [4.69, 9.17) is 0 Å². The molecule has 0 fully saturated rings. The summed E-state index contributed by atoms with van der Waals surface area (Å²) in [6.45, 7) is 12.4. The van der Waals surface area contributed by atoms with E-state index in [2.05, 4.69) is 52.9 Å². The van der Waals surface area contributed by atoms with Crippen molar-refractivity contribution in [3.05, 3.63) is 28.8 Å². The lowest BCUT2D eigenvalue weighted by Gasteiger charge is -2.29. The van der Waals surface area contributed by atoms with Crippen molar-refractivity contribution in [3.63, 3.8) is 0 Å². The van der Waals surface area contributed by atoms with Gasteiger partial charge in [-0.15, -0.1) is 0 Å². The highest BCUT2D eigenvalue weighted by Gasteiger charge is 2.27. The average molecular weight is 274 g/mol. The molecule has 0 bridgehead atoms. The Hall–Kier alpha value is -1.53. The molecule has 0 heterocycles. The largest absolute Gasteiger partial charge is 0.507 e. The van der Waals surface area contributed by atoms with Crippen LogP contribution in [0.3, 0.4) is 0 Å². The van der Waals surface area contributed by atoms with Crippen molar-refractivity contribution in [2.75, 3.05) is 7.05 Å². The molecule has 3 nitrogen and oxygen atoms in total. The molecular formula is C17H26N2O. The van der Waals surface area contributed by atoms with Crippen LogP contribution < -0.4 is 5.32 Å². The third-order valence-electron chi connectivity index (χ3n) is 3.50. The van der Waals surface area contributed by atoms with Crippen LogP contribution in [-0.2, 0) is 10.8 Å². The number of hydrogen-bond donors (Lipinski definition) is 2. The maximum atomic E-state index is 10.6. The molecule has 0 saturated carbocycles. The lowest BCUT2D eigenvalue weighted by molar-refractivity contribution is 0.422. The van der Waals surface area contributed by atoms with Crippen molar-refractivity contribution < 1.29 is 5.11 Å². The maximum Gasteiger partial charge on any atom is 0.123 e. The van der Waals surface area contributed by atoms with Gasteiger partial charge in [-0.25, -0.2) is 0 Å². The molecule has 0 aliphatic carbocycles. The van der Waals surface area contributed by atoms with E-state index in [1.54, 1.807) is 7.05 Å². The highest BCUT2D eigenvalue weighted by Crippen LogP contribution is 2.40. The molecule has 0 spiro atoms. The molecule has 0 aliphatic rings. The van der Waals surface area contributed by atoms with Crippen molar-refractivity contribution >= 4 is 0 Å². The Morgan fingerprint density at radius 1 is 1.05 bits per heavy atom. The molecule has 3 heteroatoms. The van der Waals surface area contributed by atoms with Crippen molar-refractivity contribution in [1.29, 1.82) is 5.26 Å². The molecule has 1 atom stereocenters. The number of nitrogens with one attached hydrogen (secondary N) is 1. The summed E-state index contributed by atoms with van der Waals surface area (Å²) in [5.41, 5.74) is 2.33. The van der Waals surface area contributed by atoms with Crippen LogP contribution >= 0.6 is 0 Å². The van der Waals surface area contributed by atoms with Gasteiger partial charge in [0.25, 0.3) is 0 Å². The second kappa shape index (κ2) is 5.46. The summed E-state index contributed by atoms with van der Waals surface area (Å²) in [6, 6.07) is 5.77. The molecule has 1 aromatic rings. The van der Waals surface area contributed by atoms with Crippen molar-refractivity contribution in [2.45, 2.75) is 58.4 Å². The van der Waals surface area contributed by atoms with E-state index in [-0.39, 0.29) is 16.9 Å². The second-order valence-corrected chi connectivity index (χ2v) is 7.32. The van der Waals surface area contributed by atoms with Crippen molar-refractivity contribution in [1.82, 2.24) is 5.32 Å². The summed E-state index contributed by atoms with van der Waals surface area (Å²) in [5, 5.41) is 22.9. The zero-order chi connectivity index (χ0) is 15.7. The quantitative estimate of drug-likeness (QED) is 0.863. The number of nitrogens with zero attached hydrogens (tertiary/aromatic N) is 1. The minimum Gasteiger partial charge on any atom is -0.507 e. The SMILES string of the molecule is CNC(C#N)c1cc(C(C)(C)C)c(O)c(C(C)(C)C)c1. The smallest absolute Gasteiger partial charge is 0.123 e. The van der Waals surface area contributed by atoms with Gasteiger partial charge in [0, 0.05) is 0 Å². The molecule has 0 aromatic heterocycles. The monoisotopic (exact) mass is 274 g/mol. The lowest BCUT2D eigenvalue weighted by Crippen LogP contribution is -2.21. The lowest BCUT2D eigenvalue weighted by atomic mass is 9.78. The van der Waals surface area contributed by atoms with E-state index in [0.29, 0.717) is 5.75 Å². The van der Waals surface area contributed by atoms with Gasteiger partial charge in [0.05, 0.1) is 6.07 Å². The fourth-order valence-corrected chi connectivity index (χ4v) is 2.27. The van der Waals surface area contributed by atoms with Gasteiger partial charge in [0.2, 0.25) is 0 Å². The van der Waals surface area contributed by atoms with Gasteiger partial charge in [0.15, 0.2) is 0 Å². The molecule has 1 rings (SSSR count). The fraction of sp³-hybridized carbons (Fsp3) is 0.588.